The maximum Gasteiger partial charge on any atom is 0.293 e. The van der Waals surface area contributed by atoms with Crippen molar-refractivity contribution >= 4 is 43.5 Å². The Morgan fingerprint density at radius 2 is 1.97 bits per heavy atom. The number of carboxylic acids is 1. The highest BCUT2D eigenvalue weighted by Crippen LogP contribution is 2.39. The van der Waals surface area contributed by atoms with Crippen molar-refractivity contribution in [1.29, 1.82) is 0 Å². The van der Waals surface area contributed by atoms with Crippen molar-refractivity contribution in [3.8, 4) is 5.69 Å². The number of aliphatic carboxylic acids is 1. The van der Waals surface area contributed by atoms with Crippen LogP contribution >= 0.6 is 0 Å². The predicted molar refractivity (Wildman–Crippen MR) is 118 cm³/mol. The molecular weight excluding hydrogens is 367 g/mol. The lowest BCUT2D eigenvalue weighted by atomic mass is 9.51. The second-order valence-corrected chi connectivity index (χ2v) is 8.52. The number of hydrogen-bond acceptors (Lipinski definition) is 2. The molecule has 0 aliphatic heterocycles. The summed E-state index contributed by atoms with van der Waals surface area (Å²) in [6.07, 6.45) is 2.16. The Morgan fingerprint density at radius 3 is 2.59 bits per heavy atom. The molecule has 0 spiro atoms. The zero-order valence-corrected chi connectivity index (χ0v) is 17.0. The second kappa shape index (κ2) is 6.79. The first kappa shape index (κ1) is 19.3. The van der Waals surface area contributed by atoms with Crippen LogP contribution in [0.2, 0.25) is 5.21 Å². The molecule has 0 saturated heterocycles. The molecule has 0 aliphatic carbocycles. The molecule has 0 amide bonds. The average molecular weight is 389 g/mol. The lowest BCUT2D eigenvalue weighted by Crippen LogP contribution is -2.27. The number of hydrogen-bond donors (Lipinski definition) is 2. The van der Waals surface area contributed by atoms with E-state index in [1.807, 2.05) is 6.07 Å². The first-order chi connectivity index (χ1) is 13.7. The van der Waals surface area contributed by atoms with E-state index < -0.39 is 11.2 Å². The van der Waals surface area contributed by atoms with Crippen LogP contribution in [0.4, 0.5) is 4.39 Å². The minimum absolute atomic E-state index is 0.142. The highest BCUT2D eigenvalue weighted by atomic mass is 19.1. The first-order valence-corrected chi connectivity index (χ1v) is 9.68. The normalized spacial score (nSPS) is 12.3. The number of nitrogens with zero attached hydrogens (tertiary/aromatic N) is 2. The van der Waals surface area contributed by atoms with Crippen LogP contribution in [0, 0.1) is 5.82 Å². The van der Waals surface area contributed by atoms with Gasteiger partial charge in [0.15, 0.2) is 0 Å². The van der Waals surface area contributed by atoms with E-state index in [1.54, 1.807) is 34.0 Å². The Labute approximate surface area is 169 Å². The SMILES string of the molecule is BC(B)(Cc1c(C(C)C)n(-c2ccc(F)cc2)c2cc3cn[nH]c3cc12)C(=O)O. The summed E-state index contributed by atoms with van der Waals surface area (Å²) >= 11 is 0. The second-order valence-electron chi connectivity index (χ2n) is 8.52. The van der Waals surface area contributed by atoms with E-state index in [1.165, 1.54) is 12.1 Å². The minimum Gasteiger partial charge on any atom is -0.482 e. The molecule has 146 valence electrons. The van der Waals surface area contributed by atoms with Gasteiger partial charge in [0, 0.05) is 27.4 Å². The fraction of sp³-hybridized carbons (Fsp3) is 0.238. The molecule has 4 rings (SSSR count). The number of carbonyl (C=O) groups is 1. The Bertz CT molecular complexity index is 1230. The summed E-state index contributed by atoms with van der Waals surface area (Å²) in [5, 5.41) is 17.9. The quantitative estimate of drug-likeness (QED) is 0.516. The predicted octanol–water partition coefficient (Wildman–Crippen LogP) is 2.78. The molecule has 2 aromatic heterocycles. The fourth-order valence-electron chi connectivity index (χ4n) is 3.99. The van der Waals surface area contributed by atoms with Gasteiger partial charge in [-0.15, -0.1) is 0 Å². The van der Waals surface area contributed by atoms with Crippen LogP contribution in [0.3, 0.4) is 0 Å². The molecule has 0 unspecified atom stereocenters. The third-order valence-corrected chi connectivity index (χ3v) is 5.50. The number of fused-ring (bicyclic) bond motifs is 2. The monoisotopic (exact) mass is 389 g/mol. The van der Waals surface area contributed by atoms with E-state index >= 15 is 0 Å². The van der Waals surface area contributed by atoms with Crippen molar-refractivity contribution in [3.63, 3.8) is 0 Å². The number of H-pyrrole nitrogens is 1. The number of halogens is 1. The van der Waals surface area contributed by atoms with Gasteiger partial charge in [0.1, 0.15) is 21.5 Å². The third-order valence-electron chi connectivity index (χ3n) is 5.50. The van der Waals surface area contributed by atoms with E-state index in [0.29, 0.717) is 6.42 Å². The zero-order chi connectivity index (χ0) is 20.9. The maximum atomic E-state index is 13.6. The van der Waals surface area contributed by atoms with Gasteiger partial charge < -0.3 is 9.67 Å². The molecule has 29 heavy (non-hydrogen) atoms. The topological polar surface area (TPSA) is 70.9 Å². The van der Waals surface area contributed by atoms with E-state index in [0.717, 1.165) is 38.8 Å². The molecule has 0 atom stereocenters. The van der Waals surface area contributed by atoms with Crippen molar-refractivity contribution in [1.82, 2.24) is 14.8 Å². The summed E-state index contributed by atoms with van der Waals surface area (Å²) in [6.45, 7) is 4.19. The van der Waals surface area contributed by atoms with Crippen LogP contribution in [0.25, 0.3) is 27.5 Å². The van der Waals surface area contributed by atoms with E-state index in [4.69, 9.17) is 0 Å². The van der Waals surface area contributed by atoms with Gasteiger partial charge in [-0.05, 0) is 54.3 Å². The molecular formula is C21H22B2FN3O2. The number of rotatable bonds is 5. The lowest BCUT2D eigenvalue weighted by Gasteiger charge is -2.22. The molecule has 2 N–H and O–H groups in total. The third kappa shape index (κ3) is 3.22. The minimum atomic E-state index is -0.922. The van der Waals surface area contributed by atoms with Gasteiger partial charge in [-0.2, -0.15) is 5.10 Å². The molecule has 0 radical (unpaired) electrons. The molecule has 2 heterocycles. The number of aromatic amines is 1. The highest BCUT2D eigenvalue weighted by molar-refractivity contribution is 6.50. The molecule has 0 bridgehead atoms. The van der Waals surface area contributed by atoms with Crippen molar-refractivity contribution in [2.24, 2.45) is 0 Å². The van der Waals surface area contributed by atoms with E-state index in [2.05, 4.69) is 34.7 Å². The Kier molecular flexibility index (Phi) is 4.52. The van der Waals surface area contributed by atoms with Crippen molar-refractivity contribution < 1.29 is 14.3 Å². The largest absolute Gasteiger partial charge is 0.482 e. The van der Waals surface area contributed by atoms with Crippen LogP contribution < -0.4 is 0 Å². The van der Waals surface area contributed by atoms with Gasteiger partial charge in [0.05, 0.1) is 17.2 Å². The summed E-state index contributed by atoms with van der Waals surface area (Å²) in [4.78, 5) is 11.9. The number of nitrogens with one attached hydrogen (secondary N) is 1. The average Bonchev–Trinajstić information content (AvgIpc) is 3.22. The summed E-state index contributed by atoms with van der Waals surface area (Å²) in [7, 11) is 3.49. The molecule has 0 aliphatic rings. The molecule has 0 fully saturated rings. The maximum absolute atomic E-state index is 13.6. The fourth-order valence-corrected chi connectivity index (χ4v) is 3.99. The summed E-state index contributed by atoms with van der Waals surface area (Å²) in [5.41, 5.74) is 4.76. The molecule has 0 saturated carbocycles. The summed E-state index contributed by atoms with van der Waals surface area (Å²) in [5.74, 6) is -0.984. The number of carboxylic acid groups (broad SMARTS) is 1. The highest BCUT2D eigenvalue weighted by Gasteiger charge is 2.32. The lowest BCUT2D eigenvalue weighted by molar-refractivity contribution is -0.138. The van der Waals surface area contributed by atoms with Crippen molar-refractivity contribution in [2.45, 2.75) is 31.4 Å². The van der Waals surface area contributed by atoms with Crippen LogP contribution in [0.15, 0.2) is 42.6 Å². The summed E-state index contributed by atoms with van der Waals surface area (Å²) < 4.78 is 15.7. The van der Waals surface area contributed by atoms with Gasteiger partial charge in [0.2, 0.25) is 0 Å². The Morgan fingerprint density at radius 1 is 1.28 bits per heavy atom. The molecule has 5 nitrogen and oxygen atoms in total. The Hall–Kier alpha value is -3.02. The number of benzene rings is 2. The zero-order valence-electron chi connectivity index (χ0n) is 17.0. The van der Waals surface area contributed by atoms with Crippen LogP contribution in [0.1, 0.15) is 31.0 Å². The van der Waals surface area contributed by atoms with Gasteiger partial charge >= 0.3 is 0 Å². The van der Waals surface area contributed by atoms with Crippen LogP contribution in [-0.4, -0.2) is 41.5 Å². The first-order valence-electron chi connectivity index (χ1n) is 9.68. The molecule has 4 aromatic rings. The standard InChI is InChI=1S/C21H22B2FN3O2/c1-11(2)19-16(9-21(22,23)20(28)29)15-8-17-12(10-25-26-17)7-18(15)27(19)14-5-3-13(24)4-6-14/h3-8,10-11H,9,22-23H2,1-2H3,(H,25,26)(H,28,29). The van der Waals surface area contributed by atoms with Crippen LogP contribution in [0.5, 0.6) is 0 Å². The Balaban J connectivity index is 2.10. The van der Waals surface area contributed by atoms with Crippen molar-refractivity contribution in [3.05, 3.63) is 59.7 Å². The van der Waals surface area contributed by atoms with Gasteiger partial charge in [-0.25, -0.2) is 4.39 Å². The van der Waals surface area contributed by atoms with Crippen LogP contribution in [-0.2, 0) is 11.2 Å². The molecule has 8 heteroatoms. The molecule has 2 aromatic carbocycles. The van der Waals surface area contributed by atoms with Gasteiger partial charge in [-0.3, -0.25) is 9.89 Å². The summed E-state index contributed by atoms with van der Waals surface area (Å²) in [6, 6.07) is 10.5. The van der Waals surface area contributed by atoms with E-state index in [9.17, 15) is 14.3 Å². The smallest absolute Gasteiger partial charge is 0.293 e. The van der Waals surface area contributed by atoms with Gasteiger partial charge in [0.25, 0.3) is 5.97 Å². The van der Waals surface area contributed by atoms with E-state index in [-0.39, 0.29) is 11.7 Å². The number of aromatic nitrogens is 3. The van der Waals surface area contributed by atoms with Crippen molar-refractivity contribution in [2.75, 3.05) is 0 Å². The van der Waals surface area contributed by atoms with Gasteiger partial charge in [-0.1, -0.05) is 13.8 Å².